The molecule has 122 valence electrons. The van der Waals surface area contributed by atoms with E-state index >= 15 is 0 Å². The van der Waals surface area contributed by atoms with Crippen molar-refractivity contribution in [3.8, 4) is 0 Å². The molecule has 1 atom stereocenters. The molecule has 0 spiro atoms. The van der Waals surface area contributed by atoms with Gasteiger partial charge >= 0.3 is 0 Å². The number of benzene rings is 1. The molecule has 1 aliphatic rings. The van der Waals surface area contributed by atoms with Crippen molar-refractivity contribution in [3.63, 3.8) is 0 Å². The monoisotopic (exact) mass is 309 g/mol. The average molecular weight is 309 g/mol. The third kappa shape index (κ3) is 4.16. The van der Waals surface area contributed by atoms with Crippen molar-refractivity contribution in [2.75, 3.05) is 26.0 Å². The van der Waals surface area contributed by atoms with Crippen molar-refractivity contribution in [2.45, 2.75) is 38.1 Å². The predicted octanol–water partition coefficient (Wildman–Crippen LogP) is 3.66. The Kier molecular flexibility index (Phi) is 5.71. The van der Waals surface area contributed by atoms with Crippen LogP contribution in [0.1, 0.15) is 32.1 Å². The molecule has 1 N–H and O–H groups in total. The summed E-state index contributed by atoms with van der Waals surface area (Å²) in [6.07, 6.45) is 6.27. The van der Waals surface area contributed by atoms with E-state index in [4.69, 9.17) is 0 Å². The minimum absolute atomic E-state index is 0.223. The lowest BCUT2D eigenvalue weighted by molar-refractivity contribution is -0.385. The summed E-state index contributed by atoms with van der Waals surface area (Å²) in [4.78, 5) is 12.2. The molecular weight excluding hydrogens is 285 g/mol. The van der Waals surface area contributed by atoms with Crippen molar-refractivity contribution in [1.82, 2.24) is 4.90 Å². The van der Waals surface area contributed by atoms with Gasteiger partial charge in [0.2, 0.25) is 0 Å². The quantitative estimate of drug-likeness (QED) is 0.643. The molecule has 1 aromatic rings. The summed E-state index contributed by atoms with van der Waals surface area (Å²) in [5, 5.41) is 13.8. The van der Waals surface area contributed by atoms with Crippen LogP contribution in [-0.4, -0.2) is 36.5 Å². The molecule has 6 heteroatoms. The second kappa shape index (κ2) is 7.54. The van der Waals surface area contributed by atoms with E-state index in [1.54, 1.807) is 0 Å². The summed E-state index contributed by atoms with van der Waals surface area (Å²) in [7, 11) is 4.10. The van der Waals surface area contributed by atoms with Gasteiger partial charge in [-0.1, -0.05) is 19.3 Å². The highest BCUT2D eigenvalue weighted by Gasteiger charge is 2.25. The molecule has 0 aromatic heterocycles. The van der Waals surface area contributed by atoms with E-state index in [0.29, 0.717) is 24.2 Å². The molecule has 0 heterocycles. The molecule has 1 aromatic carbocycles. The molecule has 22 heavy (non-hydrogen) atoms. The first-order chi connectivity index (χ1) is 10.5. The second-order valence-electron chi connectivity index (χ2n) is 6.23. The Morgan fingerprint density at radius 2 is 2.05 bits per heavy atom. The zero-order valence-electron chi connectivity index (χ0n) is 13.2. The number of nitro benzene ring substituents is 1. The van der Waals surface area contributed by atoms with Gasteiger partial charge < -0.3 is 10.2 Å². The second-order valence-corrected chi connectivity index (χ2v) is 6.23. The topological polar surface area (TPSA) is 58.4 Å². The fourth-order valence-corrected chi connectivity index (χ4v) is 3.27. The average Bonchev–Trinajstić information content (AvgIpc) is 2.49. The Morgan fingerprint density at radius 3 is 2.59 bits per heavy atom. The lowest BCUT2D eigenvalue weighted by atomic mass is 9.83. The zero-order chi connectivity index (χ0) is 16.1. The van der Waals surface area contributed by atoms with Gasteiger partial charge in [0.25, 0.3) is 5.69 Å². The molecule has 0 saturated heterocycles. The number of likely N-dealkylation sites (N-methyl/N-ethyl adjacent to an activating group) is 1. The number of nitrogens with zero attached hydrogens (tertiary/aromatic N) is 2. The Labute approximate surface area is 130 Å². The molecule has 1 aliphatic carbocycles. The number of nitro groups is 1. The van der Waals surface area contributed by atoms with Gasteiger partial charge in [-0.15, -0.1) is 0 Å². The number of rotatable bonds is 6. The number of hydrogen-bond acceptors (Lipinski definition) is 4. The normalized spacial score (nSPS) is 17.5. The fraction of sp³-hybridized carbons (Fsp3) is 0.625. The maximum atomic E-state index is 13.9. The number of hydrogen-bond donors (Lipinski definition) is 1. The van der Waals surface area contributed by atoms with Crippen molar-refractivity contribution >= 4 is 11.4 Å². The Bertz CT molecular complexity index is 516. The number of nitrogens with one attached hydrogen (secondary N) is 1. The van der Waals surface area contributed by atoms with Crippen LogP contribution in [0.2, 0.25) is 0 Å². The van der Waals surface area contributed by atoms with Crippen LogP contribution in [0.5, 0.6) is 0 Å². The minimum Gasteiger partial charge on any atom is -0.381 e. The summed E-state index contributed by atoms with van der Waals surface area (Å²) in [5.41, 5.74) is 0.104. The van der Waals surface area contributed by atoms with E-state index in [1.807, 2.05) is 14.1 Å². The number of non-ortho nitro benzene ring substituents is 1. The lowest BCUT2D eigenvalue weighted by Crippen LogP contribution is -2.41. The molecular formula is C16H24FN3O2. The highest BCUT2D eigenvalue weighted by atomic mass is 19.1. The summed E-state index contributed by atoms with van der Waals surface area (Å²) in [6, 6.07) is 4.08. The third-order valence-corrected chi connectivity index (χ3v) is 4.52. The molecule has 2 rings (SSSR count). The Morgan fingerprint density at radius 1 is 1.36 bits per heavy atom. The van der Waals surface area contributed by atoms with Crippen molar-refractivity contribution < 1.29 is 9.31 Å². The molecule has 0 radical (unpaired) electrons. The largest absolute Gasteiger partial charge is 0.381 e. The SMILES string of the molecule is CN(C)C(CNc1ccc([N+](=O)[O-])cc1F)C1CCCCC1. The van der Waals surface area contributed by atoms with Crippen LogP contribution >= 0.6 is 0 Å². The summed E-state index contributed by atoms with van der Waals surface area (Å²) >= 11 is 0. The van der Waals surface area contributed by atoms with Gasteiger partial charge in [0.1, 0.15) is 0 Å². The first-order valence-electron chi connectivity index (χ1n) is 7.83. The van der Waals surface area contributed by atoms with Crippen LogP contribution in [0.25, 0.3) is 0 Å². The molecule has 0 amide bonds. The van der Waals surface area contributed by atoms with Crippen LogP contribution in [0.4, 0.5) is 15.8 Å². The van der Waals surface area contributed by atoms with Gasteiger partial charge in [0.15, 0.2) is 5.82 Å². The van der Waals surface area contributed by atoms with E-state index in [2.05, 4.69) is 10.2 Å². The molecule has 1 saturated carbocycles. The maximum absolute atomic E-state index is 13.9. The van der Waals surface area contributed by atoms with Gasteiger partial charge in [-0.3, -0.25) is 10.1 Å². The summed E-state index contributed by atoms with van der Waals surface area (Å²) in [5.74, 6) is 0.0488. The van der Waals surface area contributed by atoms with Gasteiger partial charge in [0, 0.05) is 18.7 Å². The van der Waals surface area contributed by atoms with Crippen LogP contribution in [0, 0.1) is 21.8 Å². The van der Waals surface area contributed by atoms with Crippen LogP contribution < -0.4 is 5.32 Å². The molecule has 0 aliphatic heterocycles. The van der Waals surface area contributed by atoms with Crippen LogP contribution in [-0.2, 0) is 0 Å². The van der Waals surface area contributed by atoms with Crippen molar-refractivity contribution in [1.29, 1.82) is 0 Å². The molecule has 5 nitrogen and oxygen atoms in total. The summed E-state index contributed by atoms with van der Waals surface area (Å²) < 4.78 is 13.9. The Hall–Kier alpha value is -1.69. The van der Waals surface area contributed by atoms with Crippen LogP contribution in [0.15, 0.2) is 18.2 Å². The van der Waals surface area contributed by atoms with Crippen molar-refractivity contribution in [2.24, 2.45) is 5.92 Å². The highest BCUT2D eigenvalue weighted by Crippen LogP contribution is 2.29. The fourth-order valence-electron chi connectivity index (χ4n) is 3.27. The van der Waals surface area contributed by atoms with E-state index in [-0.39, 0.29) is 5.69 Å². The van der Waals surface area contributed by atoms with E-state index in [9.17, 15) is 14.5 Å². The van der Waals surface area contributed by atoms with E-state index in [0.717, 1.165) is 6.07 Å². The van der Waals surface area contributed by atoms with Gasteiger partial charge in [-0.2, -0.15) is 0 Å². The molecule has 0 bridgehead atoms. The van der Waals surface area contributed by atoms with Gasteiger partial charge in [-0.05, 0) is 38.9 Å². The van der Waals surface area contributed by atoms with E-state index in [1.165, 1.54) is 44.2 Å². The molecule has 1 unspecified atom stereocenters. The molecule has 1 fully saturated rings. The minimum atomic E-state index is -0.586. The number of halogens is 1. The van der Waals surface area contributed by atoms with Gasteiger partial charge in [0.05, 0.1) is 16.7 Å². The summed E-state index contributed by atoms with van der Waals surface area (Å²) in [6.45, 7) is 0.645. The lowest BCUT2D eigenvalue weighted by Gasteiger charge is -2.35. The zero-order valence-corrected chi connectivity index (χ0v) is 13.2. The first-order valence-corrected chi connectivity index (χ1v) is 7.83. The Balaban J connectivity index is 2.01. The number of anilines is 1. The van der Waals surface area contributed by atoms with Crippen molar-refractivity contribution in [3.05, 3.63) is 34.1 Å². The third-order valence-electron chi connectivity index (χ3n) is 4.52. The highest BCUT2D eigenvalue weighted by molar-refractivity contribution is 5.50. The van der Waals surface area contributed by atoms with E-state index < -0.39 is 10.7 Å². The van der Waals surface area contributed by atoms with Gasteiger partial charge in [-0.25, -0.2) is 4.39 Å². The van der Waals surface area contributed by atoms with Crippen LogP contribution in [0.3, 0.4) is 0 Å². The smallest absolute Gasteiger partial charge is 0.272 e. The maximum Gasteiger partial charge on any atom is 0.272 e. The first kappa shape index (κ1) is 16.7. The standard InChI is InChI=1S/C16H24FN3O2/c1-19(2)16(12-6-4-3-5-7-12)11-18-15-9-8-13(20(21)22)10-14(15)17/h8-10,12,16,18H,3-7,11H2,1-2H3. The predicted molar refractivity (Wildman–Crippen MR) is 85.6 cm³/mol.